The van der Waals surface area contributed by atoms with Crippen LogP contribution in [0, 0.1) is 6.42 Å². The van der Waals surface area contributed by atoms with E-state index in [9.17, 15) is 5.11 Å². The van der Waals surface area contributed by atoms with Crippen molar-refractivity contribution in [1.29, 1.82) is 0 Å². The molecule has 0 bridgehead atoms. The second kappa shape index (κ2) is 3.11. The van der Waals surface area contributed by atoms with Gasteiger partial charge in [0.25, 0.3) is 0 Å². The molecule has 3 nitrogen and oxygen atoms in total. The first-order chi connectivity index (χ1) is 5.54. The molecular weight excluding hydrogens is 154 g/mol. The summed E-state index contributed by atoms with van der Waals surface area (Å²) in [7, 11) is 0. The lowest BCUT2D eigenvalue weighted by molar-refractivity contribution is 0.0475. The van der Waals surface area contributed by atoms with Crippen molar-refractivity contribution >= 4 is 0 Å². The van der Waals surface area contributed by atoms with Gasteiger partial charge in [-0.15, -0.1) is 6.58 Å². The van der Waals surface area contributed by atoms with Crippen molar-refractivity contribution in [3.63, 3.8) is 0 Å². The first-order valence-corrected chi connectivity index (χ1v) is 3.69. The van der Waals surface area contributed by atoms with Crippen molar-refractivity contribution in [2.75, 3.05) is 0 Å². The van der Waals surface area contributed by atoms with Crippen molar-refractivity contribution in [1.82, 2.24) is 5.16 Å². The molecule has 1 aromatic rings. The smallest absolute Gasteiger partial charge is 0.167 e. The van der Waals surface area contributed by atoms with Gasteiger partial charge in [-0.2, -0.15) is 0 Å². The van der Waals surface area contributed by atoms with Gasteiger partial charge in [-0.05, 0) is 13.8 Å². The van der Waals surface area contributed by atoms with Gasteiger partial charge in [-0.25, -0.2) is 0 Å². The zero-order valence-corrected chi connectivity index (χ0v) is 7.24. The van der Waals surface area contributed by atoms with Gasteiger partial charge in [0, 0.05) is 12.5 Å². The highest BCUT2D eigenvalue weighted by Gasteiger charge is 2.21. The van der Waals surface area contributed by atoms with Gasteiger partial charge in [0.15, 0.2) is 5.76 Å². The maximum absolute atomic E-state index is 9.50. The molecule has 0 aliphatic carbocycles. The Morgan fingerprint density at radius 2 is 2.33 bits per heavy atom. The molecule has 0 saturated carbocycles. The molecule has 1 heterocycles. The summed E-state index contributed by atoms with van der Waals surface area (Å²) >= 11 is 0. The molecule has 3 heteroatoms. The molecule has 0 unspecified atom stereocenters. The molecule has 1 radical (unpaired) electrons. The summed E-state index contributed by atoms with van der Waals surface area (Å²) in [4.78, 5) is 0. The van der Waals surface area contributed by atoms with Crippen LogP contribution in [0.2, 0.25) is 0 Å². The summed E-state index contributed by atoms with van der Waals surface area (Å²) in [5, 5.41) is 13.2. The Bertz CT molecular complexity index is 270. The molecule has 0 spiro atoms. The standard InChI is InChI=1S/C9H12NO2/c1-4-5-7-6-8(12-10-7)9(2,3)11/h4-6,11H,1H2,2-3H3. The summed E-state index contributed by atoms with van der Waals surface area (Å²) in [6, 6.07) is 1.68. The zero-order valence-electron chi connectivity index (χ0n) is 7.24. The van der Waals surface area contributed by atoms with Crippen molar-refractivity contribution < 1.29 is 9.63 Å². The molecule has 12 heavy (non-hydrogen) atoms. The van der Waals surface area contributed by atoms with E-state index in [-0.39, 0.29) is 0 Å². The zero-order chi connectivity index (χ0) is 9.19. The number of aromatic nitrogens is 1. The molecule has 0 amide bonds. The molecule has 0 saturated heterocycles. The average molecular weight is 166 g/mol. The molecular formula is C9H12NO2. The van der Waals surface area contributed by atoms with Crippen LogP contribution in [-0.4, -0.2) is 10.3 Å². The normalized spacial score (nSPS) is 11.6. The number of nitrogens with zero attached hydrogens (tertiary/aromatic N) is 1. The van der Waals surface area contributed by atoms with Gasteiger partial charge in [0.2, 0.25) is 0 Å². The molecule has 65 valence electrons. The minimum Gasteiger partial charge on any atom is -0.382 e. The van der Waals surface area contributed by atoms with Crippen molar-refractivity contribution in [2.24, 2.45) is 0 Å². The Morgan fingerprint density at radius 3 is 2.75 bits per heavy atom. The van der Waals surface area contributed by atoms with E-state index in [1.165, 1.54) is 0 Å². The molecule has 0 atom stereocenters. The third kappa shape index (κ3) is 1.95. The Morgan fingerprint density at radius 1 is 1.67 bits per heavy atom. The second-order valence-corrected chi connectivity index (χ2v) is 3.08. The molecule has 0 aliphatic rings. The first kappa shape index (κ1) is 9.00. The lowest BCUT2D eigenvalue weighted by Crippen LogP contribution is -2.13. The molecule has 1 aromatic heterocycles. The van der Waals surface area contributed by atoms with Gasteiger partial charge in [0.05, 0.1) is 5.69 Å². The third-order valence-corrected chi connectivity index (χ3v) is 1.42. The molecule has 0 fully saturated rings. The Labute approximate surface area is 71.7 Å². The SMILES string of the molecule is C=C[CH]c1cc(C(C)(C)O)on1. The molecule has 1 rings (SSSR count). The maximum atomic E-state index is 9.50. The second-order valence-electron chi connectivity index (χ2n) is 3.08. The van der Waals surface area contributed by atoms with Crippen molar-refractivity contribution in [2.45, 2.75) is 19.4 Å². The largest absolute Gasteiger partial charge is 0.382 e. The van der Waals surface area contributed by atoms with Gasteiger partial charge < -0.3 is 9.63 Å². The maximum Gasteiger partial charge on any atom is 0.167 e. The number of hydrogen-bond donors (Lipinski definition) is 1. The Kier molecular flexibility index (Phi) is 2.33. The lowest BCUT2D eigenvalue weighted by Gasteiger charge is -2.10. The first-order valence-electron chi connectivity index (χ1n) is 3.69. The fourth-order valence-corrected chi connectivity index (χ4v) is 0.776. The van der Waals surface area contributed by atoms with Crippen LogP contribution >= 0.6 is 0 Å². The van der Waals surface area contributed by atoms with Crippen molar-refractivity contribution in [3.05, 3.63) is 36.6 Å². The van der Waals surface area contributed by atoms with Crippen LogP contribution in [0.4, 0.5) is 0 Å². The number of hydrogen-bond acceptors (Lipinski definition) is 3. The molecule has 0 aliphatic heterocycles. The monoisotopic (exact) mass is 166 g/mol. The van der Waals surface area contributed by atoms with Crippen LogP contribution in [0.3, 0.4) is 0 Å². The quantitative estimate of drug-likeness (QED) is 0.742. The summed E-state index contributed by atoms with van der Waals surface area (Å²) in [6.45, 7) is 6.82. The lowest BCUT2D eigenvalue weighted by atomic mass is 10.1. The predicted octanol–water partition coefficient (Wildman–Crippen LogP) is 1.64. The van der Waals surface area contributed by atoms with Crippen LogP contribution < -0.4 is 0 Å². The minimum atomic E-state index is -0.972. The van der Waals surface area contributed by atoms with Crippen molar-refractivity contribution in [3.8, 4) is 0 Å². The van der Waals surface area contributed by atoms with E-state index in [1.54, 1.807) is 32.4 Å². The van der Waals surface area contributed by atoms with E-state index in [0.717, 1.165) is 0 Å². The highest BCUT2D eigenvalue weighted by Crippen LogP contribution is 2.20. The van der Waals surface area contributed by atoms with E-state index in [0.29, 0.717) is 11.5 Å². The summed E-state index contributed by atoms with van der Waals surface area (Å²) in [6.07, 6.45) is 3.32. The van der Waals surface area contributed by atoms with E-state index in [4.69, 9.17) is 4.52 Å². The summed E-state index contributed by atoms with van der Waals surface area (Å²) < 4.78 is 4.90. The summed E-state index contributed by atoms with van der Waals surface area (Å²) in [5.74, 6) is 0.454. The topological polar surface area (TPSA) is 46.3 Å². The van der Waals surface area contributed by atoms with Gasteiger partial charge >= 0.3 is 0 Å². The Hall–Kier alpha value is -1.09. The fourth-order valence-electron chi connectivity index (χ4n) is 0.776. The number of aliphatic hydroxyl groups is 1. The average Bonchev–Trinajstić information content (AvgIpc) is 2.35. The highest BCUT2D eigenvalue weighted by atomic mass is 16.5. The van der Waals surface area contributed by atoms with Gasteiger partial charge in [-0.1, -0.05) is 11.2 Å². The van der Waals surface area contributed by atoms with Gasteiger partial charge in [-0.3, -0.25) is 0 Å². The fraction of sp³-hybridized carbons (Fsp3) is 0.333. The van der Waals surface area contributed by atoms with Crippen LogP contribution in [0.1, 0.15) is 25.3 Å². The van der Waals surface area contributed by atoms with Crippen LogP contribution in [0.15, 0.2) is 23.2 Å². The van der Waals surface area contributed by atoms with E-state index < -0.39 is 5.60 Å². The van der Waals surface area contributed by atoms with E-state index in [1.807, 2.05) is 0 Å². The molecule has 1 N–H and O–H groups in total. The Balaban J connectivity index is 2.84. The van der Waals surface area contributed by atoms with E-state index >= 15 is 0 Å². The molecule has 0 aromatic carbocycles. The van der Waals surface area contributed by atoms with E-state index in [2.05, 4.69) is 11.7 Å². The number of rotatable bonds is 3. The van der Waals surface area contributed by atoms with Crippen LogP contribution in [0.5, 0.6) is 0 Å². The van der Waals surface area contributed by atoms with Crippen LogP contribution in [-0.2, 0) is 5.60 Å². The third-order valence-electron chi connectivity index (χ3n) is 1.42. The minimum absolute atomic E-state index is 0.454. The van der Waals surface area contributed by atoms with Crippen LogP contribution in [0.25, 0.3) is 0 Å². The van der Waals surface area contributed by atoms with Gasteiger partial charge in [0.1, 0.15) is 5.60 Å². The number of allylic oxidation sites excluding steroid dienone is 1. The summed E-state index contributed by atoms with van der Waals surface area (Å²) in [5.41, 5.74) is -0.303. The highest BCUT2D eigenvalue weighted by molar-refractivity contribution is 5.21. The predicted molar refractivity (Wildman–Crippen MR) is 45.3 cm³/mol.